The molecule has 0 spiro atoms. The Balaban J connectivity index is 4.46. The number of hydrogen-bond donors (Lipinski definition) is 1. The molecular formula is C7H13NO4. The van der Waals surface area contributed by atoms with Crippen LogP contribution in [-0.2, 0) is 9.59 Å². The van der Waals surface area contributed by atoms with Crippen LogP contribution in [0.4, 0.5) is 0 Å². The number of carbonyl (C=O) groups excluding carboxylic acids is 1. The fourth-order valence-corrected chi connectivity index (χ4v) is 0.839. The van der Waals surface area contributed by atoms with E-state index in [1.165, 1.54) is 0 Å². The molecule has 70 valence electrons. The quantitative estimate of drug-likeness (QED) is 0.516. The van der Waals surface area contributed by atoms with Crippen molar-refractivity contribution < 1.29 is 24.3 Å². The van der Waals surface area contributed by atoms with Crippen molar-refractivity contribution in [2.45, 2.75) is 12.5 Å². The van der Waals surface area contributed by atoms with Crippen LogP contribution >= 0.6 is 0 Å². The van der Waals surface area contributed by atoms with Gasteiger partial charge in [0.25, 0.3) is 0 Å². The number of rotatable bonds is 4. The maximum atomic E-state index is 10.5. The predicted molar refractivity (Wildman–Crippen MR) is 39.1 cm³/mol. The molecule has 1 atom stereocenters. The van der Waals surface area contributed by atoms with Crippen molar-refractivity contribution in [2.75, 3.05) is 21.1 Å². The van der Waals surface area contributed by atoms with Gasteiger partial charge in [0.1, 0.15) is 12.5 Å². The maximum Gasteiger partial charge on any atom is 0.309 e. The minimum Gasteiger partial charge on any atom is -0.544 e. The van der Waals surface area contributed by atoms with Crippen LogP contribution in [0.1, 0.15) is 6.42 Å². The molecule has 12 heavy (non-hydrogen) atoms. The van der Waals surface area contributed by atoms with Crippen molar-refractivity contribution in [3.05, 3.63) is 0 Å². The van der Waals surface area contributed by atoms with E-state index in [0.29, 0.717) is 0 Å². The molecule has 0 radical (unpaired) electrons. The van der Waals surface area contributed by atoms with E-state index in [4.69, 9.17) is 5.11 Å². The van der Waals surface area contributed by atoms with Crippen LogP contribution in [0.3, 0.4) is 0 Å². The molecule has 0 heterocycles. The van der Waals surface area contributed by atoms with E-state index in [1.807, 2.05) is 0 Å². The first-order valence-electron chi connectivity index (χ1n) is 3.49. The van der Waals surface area contributed by atoms with Crippen LogP contribution < -0.4 is 5.11 Å². The predicted octanol–water partition coefficient (Wildman–Crippen LogP) is -1.71. The Morgan fingerprint density at radius 1 is 1.42 bits per heavy atom. The molecule has 0 bridgehead atoms. The Labute approximate surface area is 70.8 Å². The highest BCUT2D eigenvalue weighted by atomic mass is 16.4. The van der Waals surface area contributed by atoms with E-state index in [1.54, 1.807) is 21.1 Å². The minimum atomic E-state index is -1.33. The highest BCUT2D eigenvalue weighted by Gasteiger charge is 2.27. The largest absolute Gasteiger partial charge is 0.544 e. The SMILES string of the molecule is C[N+](C)(C)C(CC(=O)O)C(=O)[O-]. The Kier molecular flexibility index (Phi) is 3.21. The molecule has 0 saturated heterocycles. The first-order valence-corrected chi connectivity index (χ1v) is 3.49. The van der Waals surface area contributed by atoms with Crippen molar-refractivity contribution in [2.24, 2.45) is 0 Å². The van der Waals surface area contributed by atoms with E-state index < -0.39 is 24.4 Å². The fraction of sp³-hybridized carbons (Fsp3) is 0.714. The summed E-state index contributed by atoms with van der Waals surface area (Å²) in [5, 5.41) is 18.9. The molecular weight excluding hydrogens is 162 g/mol. The molecule has 5 heteroatoms. The van der Waals surface area contributed by atoms with Crippen molar-refractivity contribution in [3.63, 3.8) is 0 Å². The molecule has 0 fully saturated rings. The van der Waals surface area contributed by atoms with Gasteiger partial charge in [0.15, 0.2) is 0 Å². The average Bonchev–Trinajstić information content (AvgIpc) is 1.79. The van der Waals surface area contributed by atoms with E-state index in [0.717, 1.165) is 0 Å². The monoisotopic (exact) mass is 175 g/mol. The standard InChI is InChI=1S/C7H13NO4/c1-8(2,3)5(7(11)12)4-6(9)10/h5H,4H2,1-3H3,(H-,9,10,11,12). The Morgan fingerprint density at radius 3 is 1.92 bits per heavy atom. The lowest BCUT2D eigenvalue weighted by Gasteiger charge is -2.33. The molecule has 0 aliphatic heterocycles. The van der Waals surface area contributed by atoms with Gasteiger partial charge >= 0.3 is 5.97 Å². The molecule has 0 aromatic rings. The zero-order valence-corrected chi connectivity index (χ0v) is 7.40. The summed E-state index contributed by atoms with van der Waals surface area (Å²) in [7, 11) is 4.84. The summed E-state index contributed by atoms with van der Waals surface area (Å²) in [6.07, 6.45) is -0.411. The molecule has 0 aromatic carbocycles. The second-order valence-electron chi connectivity index (χ2n) is 3.55. The second kappa shape index (κ2) is 3.53. The molecule has 1 N–H and O–H groups in total. The zero-order chi connectivity index (χ0) is 9.94. The lowest BCUT2D eigenvalue weighted by Crippen LogP contribution is -2.55. The molecule has 0 aliphatic carbocycles. The molecule has 5 nitrogen and oxygen atoms in total. The molecule has 1 unspecified atom stereocenters. The molecule has 0 aromatic heterocycles. The van der Waals surface area contributed by atoms with Gasteiger partial charge in [-0.05, 0) is 0 Å². The molecule has 0 aliphatic rings. The third-order valence-electron chi connectivity index (χ3n) is 1.58. The van der Waals surface area contributed by atoms with Crippen LogP contribution in [0, 0.1) is 0 Å². The van der Waals surface area contributed by atoms with Gasteiger partial charge in [0.2, 0.25) is 0 Å². The smallest absolute Gasteiger partial charge is 0.309 e. The number of carboxylic acids is 2. The van der Waals surface area contributed by atoms with Crippen molar-refractivity contribution in [1.82, 2.24) is 0 Å². The highest BCUT2D eigenvalue weighted by Crippen LogP contribution is 2.06. The van der Waals surface area contributed by atoms with Gasteiger partial charge in [-0.3, -0.25) is 4.79 Å². The summed E-state index contributed by atoms with van der Waals surface area (Å²) in [6, 6.07) is -0.998. The van der Waals surface area contributed by atoms with E-state index in [2.05, 4.69) is 0 Å². The molecule has 0 amide bonds. The van der Waals surface area contributed by atoms with Crippen LogP contribution in [0.5, 0.6) is 0 Å². The van der Waals surface area contributed by atoms with Crippen molar-refractivity contribution in [3.8, 4) is 0 Å². The van der Waals surface area contributed by atoms with Crippen molar-refractivity contribution in [1.29, 1.82) is 0 Å². The van der Waals surface area contributed by atoms with Crippen LogP contribution in [0.15, 0.2) is 0 Å². The van der Waals surface area contributed by atoms with Gasteiger partial charge in [-0.1, -0.05) is 0 Å². The van der Waals surface area contributed by atoms with Gasteiger partial charge in [-0.2, -0.15) is 0 Å². The highest BCUT2D eigenvalue weighted by molar-refractivity contribution is 5.78. The number of nitrogens with zero attached hydrogens (tertiary/aromatic N) is 1. The Bertz CT molecular complexity index is 194. The van der Waals surface area contributed by atoms with Gasteiger partial charge < -0.3 is 19.5 Å². The van der Waals surface area contributed by atoms with Crippen LogP contribution in [-0.4, -0.2) is 48.7 Å². The zero-order valence-electron chi connectivity index (χ0n) is 7.40. The van der Waals surface area contributed by atoms with Gasteiger partial charge in [-0.15, -0.1) is 0 Å². The van der Waals surface area contributed by atoms with E-state index in [-0.39, 0.29) is 4.48 Å². The number of hydrogen-bond acceptors (Lipinski definition) is 3. The Hall–Kier alpha value is -1.10. The summed E-state index contributed by atoms with van der Waals surface area (Å²) in [6.45, 7) is 0. The normalized spacial score (nSPS) is 13.9. The summed E-state index contributed by atoms with van der Waals surface area (Å²) in [5.41, 5.74) is 0. The molecule has 0 rings (SSSR count). The summed E-state index contributed by atoms with van der Waals surface area (Å²) >= 11 is 0. The fourth-order valence-electron chi connectivity index (χ4n) is 0.839. The number of likely N-dealkylation sites (N-methyl/N-ethyl adjacent to an activating group) is 1. The number of aliphatic carboxylic acids is 2. The van der Waals surface area contributed by atoms with E-state index >= 15 is 0 Å². The second-order valence-corrected chi connectivity index (χ2v) is 3.55. The summed E-state index contributed by atoms with van der Waals surface area (Å²) < 4.78 is 0.0502. The lowest BCUT2D eigenvalue weighted by atomic mass is 10.1. The van der Waals surface area contributed by atoms with Crippen LogP contribution in [0.25, 0.3) is 0 Å². The van der Waals surface area contributed by atoms with Crippen molar-refractivity contribution >= 4 is 11.9 Å². The van der Waals surface area contributed by atoms with Gasteiger partial charge in [0, 0.05) is 0 Å². The number of carboxylic acid groups (broad SMARTS) is 2. The summed E-state index contributed by atoms with van der Waals surface area (Å²) in [5.74, 6) is -2.46. The van der Waals surface area contributed by atoms with Gasteiger partial charge in [-0.25, -0.2) is 0 Å². The number of carbonyl (C=O) groups is 2. The first kappa shape index (κ1) is 10.9. The topological polar surface area (TPSA) is 77.4 Å². The Morgan fingerprint density at radius 2 is 1.83 bits per heavy atom. The third-order valence-corrected chi connectivity index (χ3v) is 1.58. The third kappa shape index (κ3) is 3.34. The average molecular weight is 175 g/mol. The number of quaternary nitrogens is 1. The maximum absolute atomic E-state index is 10.5. The van der Waals surface area contributed by atoms with Gasteiger partial charge in [0.05, 0.1) is 27.1 Å². The van der Waals surface area contributed by atoms with Crippen LogP contribution in [0.2, 0.25) is 0 Å². The lowest BCUT2D eigenvalue weighted by molar-refractivity contribution is -0.888. The minimum absolute atomic E-state index is 0.0502. The van der Waals surface area contributed by atoms with E-state index in [9.17, 15) is 14.7 Å². The summed E-state index contributed by atoms with van der Waals surface area (Å²) in [4.78, 5) is 20.8. The first-order chi connectivity index (χ1) is 5.25. The molecule has 0 saturated carbocycles.